The summed E-state index contributed by atoms with van der Waals surface area (Å²) in [7, 11) is 3.92. The minimum Gasteiger partial charge on any atom is -0.497 e. The lowest BCUT2D eigenvalue weighted by atomic mass is 10.0. The molecule has 1 unspecified atom stereocenters. The number of carbonyl (C=O) groups is 1. The summed E-state index contributed by atoms with van der Waals surface area (Å²) in [5, 5.41) is 2.97. The van der Waals surface area contributed by atoms with Gasteiger partial charge in [0.15, 0.2) is 0 Å². The van der Waals surface area contributed by atoms with Gasteiger partial charge in [-0.1, -0.05) is 19.9 Å². The van der Waals surface area contributed by atoms with Gasteiger partial charge in [-0.25, -0.2) is 4.79 Å². The molecule has 0 radical (unpaired) electrons. The van der Waals surface area contributed by atoms with Gasteiger partial charge in [0.05, 0.1) is 26.7 Å². The van der Waals surface area contributed by atoms with E-state index in [0.717, 1.165) is 43.3 Å². The van der Waals surface area contributed by atoms with Crippen molar-refractivity contribution in [2.75, 3.05) is 39.1 Å². The van der Waals surface area contributed by atoms with Crippen molar-refractivity contribution in [1.29, 1.82) is 0 Å². The Hall–Kier alpha value is -1.75. The van der Waals surface area contributed by atoms with Gasteiger partial charge in [0.1, 0.15) is 5.75 Å². The number of hydrogen-bond acceptors (Lipinski definition) is 2. The van der Waals surface area contributed by atoms with Crippen LogP contribution in [0.3, 0.4) is 0 Å². The van der Waals surface area contributed by atoms with Crippen LogP contribution in [0, 0.1) is 5.92 Å². The summed E-state index contributed by atoms with van der Waals surface area (Å²) >= 11 is 0. The molecule has 0 spiro atoms. The Labute approximate surface area is 146 Å². The quantitative estimate of drug-likeness (QED) is 0.838. The SMILES string of the molecule is COc1cccc(NC(=O)N2CCC([NH+](C)CCC(C)C)CC2)c1. The number of rotatable bonds is 6. The molecular weight excluding hydrogens is 302 g/mol. The van der Waals surface area contributed by atoms with Crippen molar-refractivity contribution in [3.05, 3.63) is 24.3 Å². The molecule has 0 saturated carbocycles. The van der Waals surface area contributed by atoms with Crippen molar-refractivity contribution < 1.29 is 14.4 Å². The van der Waals surface area contributed by atoms with E-state index in [1.54, 1.807) is 12.0 Å². The molecule has 2 amide bonds. The highest BCUT2D eigenvalue weighted by Crippen LogP contribution is 2.18. The van der Waals surface area contributed by atoms with Gasteiger partial charge in [0.2, 0.25) is 0 Å². The molecule has 1 aliphatic rings. The molecule has 1 saturated heterocycles. The maximum absolute atomic E-state index is 12.4. The Morgan fingerprint density at radius 1 is 1.38 bits per heavy atom. The molecule has 1 atom stereocenters. The maximum atomic E-state index is 12.4. The van der Waals surface area contributed by atoms with E-state index in [1.165, 1.54) is 13.0 Å². The molecule has 2 rings (SSSR count). The Morgan fingerprint density at radius 2 is 2.08 bits per heavy atom. The van der Waals surface area contributed by atoms with E-state index in [-0.39, 0.29) is 6.03 Å². The molecule has 134 valence electrons. The predicted octanol–water partition coefficient (Wildman–Crippen LogP) is 2.25. The highest BCUT2D eigenvalue weighted by Gasteiger charge is 2.27. The smallest absolute Gasteiger partial charge is 0.321 e. The van der Waals surface area contributed by atoms with E-state index in [0.29, 0.717) is 6.04 Å². The Kier molecular flexibility index (Phi) is 6.91. The number of quaternary nitrogens is 1. The Balaban J connectivity index is 1.79. The monoisotopic (exact) mass is 334 g/mol. The van der Waals surface area contributed by atoms with Gasteiger partial charge in [-0.2, -0.15) is 0 Å². The van der Waals surface area contributed by atoms with Crippen LogP contribution in [-0.4, -0.2) is 50.8 Å². The molecule has 1 aromatic carbocycles. The first kappa shape index (κ1) is 18.6. The van der Waals surface area contributed by atoms with E-state index in [4.69, 9.17) is 4.74 Å². The van der Waals surface area contributed by atoms with E-state index in [9.17, 15) is 4.79 Å². The number of piperidine rings is 1. The fraction of sp³-hybridized carbons (Fsp3) is 0.632. The molecular formula is C19H32N3O2+. The standard InChI is InChI=1S/C19H31N3O2/c1-15(2)8-11-21(3)17-9-12-22(13-10-17)19(23)20-16-6-5-7-18(14-16)24-4/h5-7,14-15,17H,8-13H2,1-4H3,(H,20,23)/p+1. The van der Waals surface area contributed by atoms with Crippen molar-refractivity contribution >= 4 is 11.7 Å². The summed E-state index contributed by atoms with van der Waals surface area (Å²) in [6, 6.07) is 8.14. The van der Waals surface area contributed by atoms with Crippen molar-refractivity contribution in [1.82, 2.24) is 4.90 Å². The van der Waals surface area contributed by atoms with Crippen LogP contribution in [0.2, 0.25) is 0 Å². The normalized spacial score (nSPS) is 17.0. The van der Waals surface area contributed by atoms with Crippen LogP contribution in [0.5, 0.6) is 5.75 Å². The number of ether oxygens (including phenoxy) is 1. The number of hydrogen-bond donors (Lipinski definition) is 2. The van der Waals surface area contributed by atoms with E-state index >= 15 is 0 Å². The number of amides is 2. The zero-order valence-electron chi connectivity index (χ0n) is 15.5. The van der Waals surface area contributed by atoms with Gasteiger partial charge < -0.3 is 19.9 Å². The molecule has 5 nitrogen and oxygen atoms in total. The third kappa shape index (κ3) is 5.41. The molecule has 0 bridgehead atoms. The maximum Gasteiger partial charge on any atom is 0.321 e. The molecule has 24 heavy (non-hydrogen) atoms. The van der Waals surface area contributed by atoms with Gasteiger partial charge in [-0.15, -0.1) is 0 Å². The fourth-order valence-electron chi connectivity index (χ4n) is 3.20. The number of carbonyl (C=O) groups excluding carboxylic acids is 1. The number of benzene rings is 1. The second-order valence-corrected chi connectivity index (χ2v) is 7.20. The van der Waals surface area contributed by atoms with Crippen LogP contribution in [0.15, 0.2) is 24.3 Å². The Bertz CT molecular complexity index is 525. The largest absolute Gasteiger partial charge is 0.497 e. The zero-order valence-corrected chi connectivity index (χ0v) is 15.5. The van der Waals surface area contributed by atoms with Gasteiger partial charge in [0.25, 0.3) is 0 Å². The summed E-state index contributed by atoms with van der Waals surface area (Å²) in [6.45, 7) is 7.44. The molecule has 1 fully saturated rings. The van der Waals surface area contributed by atoms with Crippen molar-refractivity contribution in [3.8, 4) is 5.75 Å². The minimum absolute atomic E-state index is 0.0125. The minimum atomic E-state index is -0.0125. The molecule has 1 aliphatic heterocycles. The summed E-state index contributed by atoms with van der Waals surface area (Å²) in [5.74, 6) is 1.51. The number of nitrogens with one attached hydrogen (secondary N) is 2. The molecule has 5 heteroatoms. The third-order valence-electron chi connectivity index (χ3n) is 4.92. The van der Waals surface area contributed by atoms with Gasteiger partial charge in [0, 0.05) is 37.7 Å². The van der Waals surface area contributed by atoms with Crippen molar-refractivity contribution in [2.45, 2.75) is 39.2 Å². The lowest BCUT2D eigenvalue weighted by molar-refractivity contribution is -0.907. The zero-order chi connectivity index (χ0) is 17.5. The van der Waals surface area contributed by atoms with Crippen LogP contribution < -0.4 is 15.0 Å². The lowest BCUT2D eigenvalue weighted by Gasteiger charge is -2.34. The van der Waals surface area contributed by atoms with E-state index < -0.39 is 0 Å². The molecule has 1 heterocycles. The molecule has 1 aromatic rings. The van der Waals surface area contributed by atoms with Crippen LogP contribution in [0.4, 0.5) is 10.5 Å². The van der Waals surface area contributed by atoms with E-state index in [1.807, 2.05) is 29.2 Å². The second-order valence-electron chi connectivity index (χ2n) is 7.20. The van der Waals surface area contributed by atoms with Crippen LogP contribution in [-0.2, 0) is 0 Å². The summed E-state index contributed by atoms with van der Waals surface area (Å²) in [5.41, 5.74) is 0.779. The molecule has 0 aromatic heterocycles. The van der Waals surface area contributed by atoms with Crippen molar-refractivity contribution in [2.24, 2.45) is 5.92 Å². The number of methoxy groups -OCH3 is 1. The number of likely N-dealkylation sites (tertiary alicyclic amines) is 1. The van der Waals surface area contributed by atoms with Crippen molar-refractivity contribution in [3.63, 3.8) is 0 Å². The number of nitrogens with zero attached hydrogens (tertiary/aromatic N) is 1. The third-order valence-corrected chi connectivity index (χ3v) is 4.92. The topological polar surface area (TPSA) is 46.0 Å². The molecule has 2 N–H and O–H groups in total. The van der Waals surface area contributed by atoms with Gasteiger partial charge >= 0.3 is 6.03 Å². The predicted molar refractivity (Wildman–Crippen MR) is 97.8 cm³/mol. The first-order valence-corrected chi connectivity index (χ1v) is 9.02. The fourth-order valence-corrected chi connectivity index (χ4v) is 3.20. The second kappa shape index (κ2) is 8.92. The summed E-state index contributed by atoms with van der Waals surface area (Å²) in [4.78, 5) is 16.0. The summed E-state index contributed by atoms with van der Waals surface area (Å²) in [6.07, 6.45) is 3.42. The van der Waals surface area contributed by atoms with Crippen LogP contribution >= 0.6 is 0 Å². The van der Waals surface area contributed by atoms with Crippen LogP contribution in [0.25, 0.3) is 0 Å². The number of urea groups is 1. The van der Waals surface area contributed by atoms with Gasteiger partial charge in [-0.05, 0) is 24.5 Å². The first-order chi connectivity index (χ1) is 11.5. The van der Waals surface area contributed by atoms with Crippen LogP contribution in [0.1, 0.15) is 33.1 Å². The highest BCUT2D eigenvalue weighted by molar-refractivity contribution is 5.89. The molecule has 0 aliphatic carbocycles. The Morgan fingerprint density at radius 3 is 2.71 bits per heavy atom. The first-order valence-electron chi connectivity index (χ1n) is 9.02. The summed E-state index contributed by atoms with van der Waals surface area (Å²) < 4.78 is 5.19. The van der Waals surface area contributed by atoms with Gasteiger partial charge in [-0.3, -0.25) is 0 Å². The number of anilines is 1. The lowest BCUT2D eigenvalue weighted by Crippen LogP contribution is -3.13. The average Bonchev–Trinajstić information content (AvgIpc) is 2.59. The highest BCUT2D eigenvalue weighted by atomic mass is 16.5. The van der Waals surface area contributed by atoms with E-state index in [2.05, 4.69) is 26.2 Å². The average molecular weight is 334 g/mol.